The van der Waals surface area contributed by atoms with Gasteiger partial charge in [0, 0.05) is 24.2 Å². The minimum atomic E-state index is 0.399. The number of imidazole rings is 1. The average Bonchev–Trinajstić information content (AvgIpc) is 2.60. The van der Waals surface area contributed by atoms with Crippen LogP contribution in [0.4, 0.5) is 0 Å². The van der Waals surface area contributed by atoms with Gasteiger partial charge in [0.05, 0.1) is 17.6 Å². The van der Waals surface area contributed by atoms with E-state index < -0.39 is 0 Å². The third kappa shape index (κ3) is 3.23. The van der Waals surface area contributed by atoms with E-state index in [0.717, 1.165) is 49.1 Å². The summed E-state index contributed by atoms with van der Waals surface area (Å²) in [5, 5.41) is 4.20. The molecule has 3 rings (SSSR count). The first kappa shape index (κ1) is 14.8. The lowest BCUT2D eigenvalue weighted by molar-refractivity contribution is 0.271. The quantitative estimate of drug-likeness (QED) is 0.946. The molecule has 4 nitrogen and oxygen atoms in total. The molecule has 1 N–H and O–H groups in total. The molecule has 1 aromatic carbocycles. The molecule has 5 heteroatoms. The molecule has 0 amide bonds. The van der Waals surface area contributed by atoms with Crippen LogP contribution < -0.4 is 5.32 Å². The molecule has 0 spiro atoms. The summed E-state index contributed by atoms with van der Waals surface area (Å²) in [5.74, 6) is 1.14. The van der Waals surface area contributed by atoms with Crippen molar-refractivity contribution in [2.24, 2.45) is 0 Å². The molecule has 1 aromatic heterocycles. The number of rotatable bonds is 3. The van der Waals surface area contributed by atoms with Crippen LogP contribution >= 0.6 is 11.6 Å². The standard InChI is InChI=1S/C16H23ClN4/c1-12(2)21-15-5-4-13(17)10-14(15)19-16(21)11-20-8-3-6-18-7-9-20/h4-5,10,12,18H,3,6-9,11H2,1-2H3. The molecule has 0 bridgehead atoms. The molecule has 0 atom stereocenters. The molecule has 0 saturated carbocycles. The van der Waals surface area contributed by atoms with Crippen LogP contribution in [-0.2, 0) is 6.54 Å². The van der Waals surface area contributed by atoms with Crippen LogP contribution in [0, 0.1) is 0 Å². The topological polar surface area (TPSA) is 33.1 Å². The normalized spacial score (nSPS) is 17.5. The third-order valence-corrected chi connectivity index (χ3v) is 4.27. The van der Waals surface area contributed by atoms with Gasteiger partial charge in [-0.25, -0.2) is 4.98 Å². The molecule has 0 radical (unpaired) electrons. The van der Waals surface area contributed by atoms with E-state index in [4.69, 9.17) is 16.6 Å². The summed E-state index contributed by atoms with van der Waals surface area (Å²) >= 11 is 6.11. The van der Waals surface area contributed by atoms with Crippen molar-refractivity contribution in [2.75, 3.05) is 26.2 Å². The predicted molar refractivity (Wildman–Crippen MR) is 87.9 cm³/mol. The highest BCUT2D eigenvalue weighted by Gasteiger charge is 2.17. The van der Waals surface area contributed by atoms with Crippen LogP contribution in [0.1, 0.15) is 32.1 Å². The van der Waals surface area contributed by atoms with E-state index in [9.17, 15) is 0 Å². The van der Waals surface area contributed by atoms with Crippen molar-refractivity contribution in [1.82, 2.24) is 19.8 Å². The second-order valence-electron chi connectivity index (χ2n) is 6.00. The van der Waals surface area contributed by atoms with Gasteiger partial charge < -0.3 is 9.88 Å². The molecular weight excluding hydrogens is 284 g/mol. The summed E-state index contributed by atoms with van der Waals surface area (Å²) in [6.07, 6.45) is 1.20. The molecule has 1 aliphatic rings. The van der Waals surface area contributed by atoms with Crippen molar-refractivity contribution in [3.05, 3.63) is 29.0 Å². The van der Waals surface area contributed by atoms with Crippen LogP contribution in [0.3, 0.4) is 0 Å². The fourth-order valence-corrected chi connectivity index (χ4v) is 3.24. The summed E-state index contributed by atoms with van der Waals surface area (Å²) in [5.41, 5.74) is 2.18. The summed E-state index contributed by atoms with van der Waals surface area (Å²) in [6, 6.07) is 6.39. The second kappa shape index (κ2) is 6.34. The molecular formula is C16H23ClN4. The minimum absolute atomic E-state index is 0.399. The fraction of sp³-hybridized carbons (Fsp3) is 0.562. The first-order valence-corrected chi connectivity index (χ1v) is 8.12. The highest BCUT2D eigenvalue weighted by atomic mass is 35.5. The second-order valence-corrected chi connectivity index (χ2v) is 6.44. The third-order valence-electron chi connectivity index (χ3n) is 4.04. The molecule has 2 aromatic rings. The first-order valence-electron chi connectivity index (χ1n) is 7.74. The maximum absolute atomic E-state index is 6.11. The Labute approximate surface area is 131 Å². The van der Waals surface area contributed by atoms with Gasteiger partial charge in [-0.2, -0.15) is 0 Å². The SMILES string of the molecule is CC(C)n1c(CN2CCCNCC2)nc2cc(Cl)ccc21. The van der Waals surface area contributed by atoms with Crippen molar-refractivity contribution < 1.29 is 0 Å². The zero-order chi connectivity index (χ0) is 14.8. The predicted octanol–water partition coefficient (Wildman–Crippen LogP) is 3.07. The van der Waals surface area contributed by atoms with Crippen molar-refractivity contribution >= 4 is 22.6 Å². The van der Waals surface area contributed by atoms with E-state index in [-0.39, 0.29) is 0 Å². The number of fused-ring (bicyclic) bond motifs is 1. The van der Waals surface area contributed by atoms with E-state index in [0.29, 0.717) is 6.04 Å². The molecule has 114 valence electrons. The van der Waals surface area contributed by atoms with E-state index in [2.05, 4.69) is 34.7 Å². The highest BCUT2D eigenvalue weighted by Crippen LogP contribution is 2.24. The minimum Gasteiger partial charge on any atom is -0.324 e. The average molecular weight is 307 g/mol. The summed E-state index contributed by atoms with van der Waals surface area (Å²) in [7, 11) is 0. The van der Waals surface area contributed by atoms with E-state index in [1.165, 1.54) is 11.9 Å². The Kier molecular flexibility index (Phi) is 4.48. The largest absolute Gasteiger partial charge is 0.324 e. The van der Waals surface area contributed by atoms with E-state index in [1.54, 1.807) is 0 Å². The van der Waals surface area contributed by atoms with Crippen molar-refractivity contribution in [3.63, 3.8) is 0 Å². The Morgan fingerprint density at radius 2 is 2.14 bits per heavy atom. The lowest BCUT2D eigenvalue weighted by Crippen LogP contribution is -2.29. The molecule has 1 saturated heterocycles. The highest BCUT2D eigenvalue weighted by molar-refractivity contribution is 6.31. The number of hydrogen-bond donors (Lipinski definition) is 1. The number of hydrogen-bond acceptors (Lipinski definition) is 3. The number of benzene rings is 1. The Bertz CT molecular complexity index is 612. The van der Waals surface area contributed by atoms with E-state index in [1.807, 2.05) is 12.1 Å². The molecule has 2 heterocycles. The summed E-state index contributed by atoms with van der Waals surface area (Å²) < 4.78 is 2.34. The summed E-state index contributed by atoms with van der Waals surface area (Å²) in [4.78, 5) is 7.32. The Morgan fingerprint density at radius 3 is 2.95 bits per heavy atom. The van der Waals surface area contributed by atoms with Crippen LogP contribution in [-0.4, -0.2) is 40.6 Å². The van der Waals surface area contributed by atoms with Crippen LogP contribution in [0.15, 0.2) is 18.2 Å². The van der Waals surface area contributed by atoms with Gasteiger partial charge >= 0.3 is 0 Å². The van der Waals surface area contributed by atoms with Crippen molar-refractivity contribution in [2.45, 2.75) is 32.9 Å². The Hall–Kier alpha value is -1.10. The van der Waals surface area contributed by atoms with Gasteiger partial charge in [0.15, 0.2) is 0 Å². The van der Waals surface area contributed by atoms with Gasteiger partial charge in [-0.1, -0.05) is 11.6 Å². The monoisotopic (exact) mass is 306 g/mol. The lowest BCUT2D eigenvalue weighted by atomic mass is 10.3. The number of nitrogens with zero attached hydrogens (tertiary/aromatic N) is 3. The molecule has 0 unspecified atom stereocenters. The Morgan fingerprint density at radius 1 is 1.29 bits per heavy atom. The molecule has 1 fully saturated rings. The Balaban J connectivity index is 1.94. The molecule has 0 aliphatic carbocycles. The van der Waals surface area contributed by atoms with Crippen LogP contribution in [0.25, 0.3) is 11.0 Å². The lowest BCUT2D eigenvalue weighted by Gasteiger charge is -2.21. The van der Waals surface area contributed by atoms with Crippen LogP contribution in [0.2, 0.25) is 5.02 Å². The molecule has 1 aliphatic heterocycles. The fourth-order valence-electron chi connectivity index (χ4n) is 3.07. The zero-order valence-electron chi connectivity index (χ0n) is 12.8. The van der Waals surface area contributed by atoms with Gasteiger partial charge in [0.25, 0.3) is 0 Å². The van der Waals surface area contributed by atoms with Gasteiger partial charge in [-0.05, 0) is 51.6 Å². The van der Waals surface area contributed by atoms with Crippen molar-refractivity contribution in [1.29, 1.82) is 0 Å². The van der Waals surface area contributed by atoms with Gasteiger partial charge in [-0.3, -0.25) is 4.90 Å². The maximum Gasteiger partial charge on any atom is 0.124 e. The first-order chi connectivity index (χ1) is 10.1. The van der Waals surface area contributed by atoms with Gasteiger partial charge in [0.2, 0.25) is 0 Å². The smallest absolute Gasteiger partial charge is 0.124 e. The summed E-state index contributed by atoms with van der Waals surface area (Å²) in [6.45, 7) is 9.73. The van der Waals surface area contributed by atoms with Crippen LogP contribution in [0.5, 0.6) is 0 Å². The number of halogens is 1. The van der Waals surface area contributed by atoms with Gasteiger partial charge in [-0.15, -0.1) is 0 Å². The van der Waals surface area contributed by atoms with Gasteiger partial charge in [0.1, 0.15) is 5.82 Å². The maximum atomic E-state index is 6.11. The zero-order valence-corrected chi connectivity index (χ0v) is 13.5. The molecule has 21 heavy (non-hydrogen) atoms. The number of aromatic nitrogens is 2. The van der Waals surface area contributed by atoms with E-state index >= 15 is 0 Å². The number of nitrogens with one attached hydrogen (secondary N) is 1. The van der Waals surface area contributed by atoms with Crippen molar-refractivity contribution in [3.8, 4) is 0 Å².